The van der Waals surface area contributed by atoms with E-state index in [1.165, 1.54) is 0 Å². The molecular weight excluding hydrogens is 308 g/mol. The highest BCUT2D eigenvalue weighted by Gasteiger charge is 2.64. The SMILES string of the molecule is CC(F)(F)C(F)(F)CCOC(=O)C1C2CC3C(=O)OC1C3C2. The second kappa shape index (κ2) is 4.83. The maximum absolute atomic E-state index is 13.1. The number of halogens is 4. The molecule has 4 nitrogen and oxygen atoms in total. The van der Waals surface area contributed by atoms with Crippen LogP contribution in [0.2, 0.25) is 0 Å². The summed E-state index contributed by atoms with van der Waals surface area (Å²) in [6, 6.07) is 0. The fourth-order valence-corrected chi connectivity index (χ4v) is 3.88. The summed E-state index contributed by atoms with van der Waals surface area (Å²) in [6.07, 6.45) is -0.555. The van der Waals surface area contributed by atoms with Crippen LogP contribution in [0.15, 0.2) is 0 Å². The van der Waals surface area contributed by atoms with Gasteiger partial charge in [0.15, 0.2) is 0 Å². The zero-order chi connectivity index (χ0) is 16.3. The second-order valence-electron chi connectivity index (χ2n) is 6.44. The largest absolute Gasteiger partial charge is 0.465 e. The molecule has 0 aromatic rings. The van der Waals surface area contributed by atoms with Crippen LogP contribution in [0.5, 0.6) is 0 Å². The third-order valence-corrected chi connectivity index (χ3v) is 5.06. The fraction of sp³-hybridized carbons (Fsp3) is 0.857. The van der Waals surface area contributed by atoms with Crippen molar-refractivity contribution >= 4 is 11.9 Å². The molecule has 1 aliphatic heterocycles. The molecule has 2 bridgehead atoms. The first-order chi connectivity index (χ1) is 10.1. The lowest BCUT2D eigenvalue weighted by Crippen LogP contribution is -2.39. The van der Waals surface area contributed by atoms with Crippen molar-refractivity contribution in [3.05, 3.63) is 0 Å². The smallest absolute Gasteiger partial charge is 0.313 e. The molecule has 8 heteroatoms. The van der Waals surface area contributed by atoms with E-state index in [-0.39, 0.29) is 30.6 Å². The molecule has 0 radical (unpaired) electrons. The highest BCUT2D eigenvalue weighted by Crippen LogP contribution is 2.57. The molecule has 0 aromatic heterocycles. The number of fused-ring (bicyclic) bond motifs is 1. The van der Waals surface area contributed by atoms with E-state index in [0.29, 0.717) is 12.8 Å². The molecule has 5 atom stereocenters. The standard InChI is InChI=1S/C14H16F4O4/c1-13(15,16)14(17,18)2-3-21-12(20)9-6-4-7-8(5-6)11(19)22-10(7)9/h6-10H,2-5H2,1H3. The summed E-state index contributed by atoms with van der Waals surface area (Å²) >= 11 is 0. The molecule has 22 heavy (non-hydrogen) atoms. The number of ether oxygens (including phenoxy) is 2. The highest BCUT2D eigenvalue weighted by molar-refractivity contribution is 5.81. The maximum atomic E-state index is 13.1. The van der Waals surface area contributed by atoms with Crippen molar-refractivity contribution < 1.29 is 36.6 Å². The van der Waals surface area contributed by atoms with Gasteiger partial charge in [-0.3, -0.25) is 9.59 Å². The summed E-state index contributed by atoms with van der Waals surface area (Å²) in [4.78, 5) is 23.6. The molecule has 0 amide bonds. The van der Waals surface area contributed by atoms with Gasteiger partial charge < -0.3 is 9.47 Å². The van der Waals surface area contributed by atoms with Gasteiger partial charge in [-0.05, 0) is 18.8 Å². The van der Waals surface area contributed by atoms with Crippen molar-refractivity contribution in [1.29, 1.82) is 0 Å². The van der Waals surface area contributed by atoms with Crippen LogP contribution in [0.3, 0.4) is 0 Å². The Balaban J connectivity index is 1.55. The monoisotopic (exact) mass is 324 g/mol. The highest BCUT2D eigenvalue weighted by atomic mass is 19.3. The first-order valence-corrected chi connectivity index (χ1v) is 7.24. The summed E-state index contributed by atoms with van der Waals surface area (Å²) < 4.78 is 61.4. The molecule has 1 saturated heterocycles. The number of esters is 2. The Morgan fingerprint density at radius 1 is 1.32 bits per heavy atom. The van der Waals surface area contributed by atoms with Crippen molar-refractivity contribution in [1.82, 2.24) is 0 Å². The van der Waals surface area contributed by atoms with Crippen LogP contribution in [-0.2, 0) is 19.1 Å². The van der Waals surface area contributed by atoms with E-state index in [4.69, 9.17) is 9.47 Å². The zero-order valence-corrected chi connectivity index (χ0v) is 11.9. The van der Waals surface area contributed by atoms with Crippen LogP contribution >= 0.6 is 0 Å². The fourth-order valence-electron chi connectivity index (χ4n) is 3.88. The number of rotatable bonds is 5. The number of alkyl halides is 4. The summed E-state index contributed by atoms with van der Waals surface area (Å²) in [7, 11) is 0. The predicted molar refractivity (Wildman–Crippen MR) is 64.2 cm³/mol. The van der Waals surface area contributed by atoms with Crippen LogP contribution in [0.4, 0.5) is 17.6 Å². The molecule has 1 heterocycles. The molecular formula is C14H16F4O4. The van der Waals surface area contributed by atoms with E-state index >= 15 is 0 Å². The molecule has 0 aromatic carbocycles. The van der Waals surface area contributed by atoms with Crippen molar-refractivity contribution in [2.75, 3.05) is 6.61 Å². The van der Waals surface area contributed by atoms with Gasteiger partial charge >= 0.3 is 23.8 Å². The molecule has 0 spiro atoms. The molecule has 0 N–H and O–H groups in total. The van der Waals surface area contributed by atoms with Gasteiger partial charge in [-0.25, -0.2) is 8.78 Å². The summed E-state index contributed by atoms with van der Waals surface area (Å²) in [5.74, 6) is -10.3. The summed E-state index contributed by atoms with van der Waals surface area (Å²) in [5, 5.41) is 0. The lowest BCUT2D eigenvalue weighted by Gasteiger charge is -2.25. The average Bonchev–Trinajstić information content (AvgIpc) is 2.98. The quantitative estimate of drug-likeness (QED) is 0.576. The molecule has 124 valence electrons. The second-order valence-corrected chi connectivity index (χ2v) is 6.44. The number of hydrogen-bond donors (Lipinski definition) is 0. The lowest BCUT2D eigenvalue weighted by atomic mass is 9.82. The Morgan fingerprint density at radius 3 is 2.64 bits per heavy atom. The first-order valence-electron chi connectivity index (χ1n) is 7.24. The Labute approximate surface area is 124 Å². The third kappa shape index (κ3) is 2.27. The molecule has 2 aliphatic carbocycles. The third-order valence-electron chi connectivity index (χ3n) is 5.06. The topological polar surface area (TPSA) is 52.6 Å². The van der Waals surface area contributed by atoms with Crippen LogP contribution in [0, 0.1) is 23.7 Å². The van der Waals surface area contributed by atoms with Crippen LogP contribution in [-0.4, -0.2) is 36.5 Å². The Bertz CT molecular complexity index is 502. The average molecular weight is 324 g/mol. The van der Waals surface area contributed by atoms with E-state index in [0.717, 1.165) is 0 Å². The van der Waals surface area contributed by atoms with Crippen LogP contribution in [0.25, 0.3) is 0 Å². The van der Waals surface area contributed by atoms with Crippen molar-refractivity contribution in [2.24, 2.45) is 23.7 Å². The summed E-state index contributed by atoms with van der Waals surface area (Å²) in [5.41, 5.74) is 0. The minimum atomic E-state index is -4.23. The van der Waals surface area contributed by atoms with Gasteiger partial charge in [-0.2, -0.15) is 8.78 Å². The van der Waals surface area contributed by atoms with E-state index in [1.54, 1.807) is 0 Å². The van der Waals surface area contributed by atoms with Gasteiger partial charge in [0, 0.05) is 12.8 Å². The van der Waals surface area contributed by atoms with Crippen molar-refractivity contribution in [2.45, 2.75) is 44.1 Å². The molecule has 2 saturated carbocycles. The predicted octanol–water partition coefficient (Wildman–Crippen LogP) is 2.41. The number of hydrogen-bond acceptors (Lipinski definition) is 4. The van der Waals surface area contributed by atoms with Gasteiger partial charge in [-0.1, -0.05) is 0 Å². The van der Waals surface area contributed by atoms with E-state index in [9.17, 15) is 27.2 Å². The lowest BCUT2D eigenvalue weighted by molar-refractivity contribution is -0.207. The number of carbonyl (C=O) groups excluding carboxylic acids is 2. The normalized spacial score (nSPS) is 36.6. The Kier molecular flexibility index (Phi) is 3.41. The van der Waals surface area contributed by atoms with Crippen LogP contribution in [0.1, 0.15) is 26.2 Å². The first kappa shape index (κ1) is 15.6. The van der Waals surface area contributed by atoms with Crippen molar-refractivity contribution in [3.8, 4) is 0 Å². The van der Waals surface area contributed by atoms with Crippen LogP contribution < -0.4 is 0 Å². The molecule has 3 rings (SSSR count). The molecule has 3 aliphatic rings. The van der Waals surface area contributed by atoms with Gasteiger partial charge in [0.1, 0.15) is 6.10 Å². The summed E-state index contributed by atoms with van der Waals surface area (Å²) in [6.45, 7) is -0.657. The van der Waals surface area contributed by atoms with E-state index < -0.39 is 42.9 Å². The zero-order valence-electron chi connectivity index (χ0n) is 11.9. The van der Waals surface area contributed by atoms with Gasteiger partial charge in [-0.15, -0.1) is 0 Å². The van der Waals surface area contributed by atoms with Gasteiger partial charge in [0.25, 0.3) is 0 Å². The number of carbonyl (C=O) groups is 2. The van der Waals surface area contributed by atoms with E-state index in [2.05, 4.69) is 0 Å². The van der Waals surface area contributed by atoms with Gasteiger partial charge in [0.05, 0.1) is 24.9 Å². The van der Waals surface area contributed by atoms with Gasteiger partial charge in [0.2, 0.25) is 0 Å². The minimum absolute atomic E-state index is 0.00327. The Hall–Kier alpha value is -1.34. The minimum Gasteiger partial charge on any atom is -0.465 e. The Morgan fingerprint density at radius 2 is 2.00 bits per heavy atom. The maximum Gasteiger partial charge on any atom is 0.313 e. The van der Waals surface area contributed by atoms with E-state index in [1.807, 2.05) is 0 Å². The molecule has 3 fully saturated rings. The molecule has 5 unspecified atom stereocenters. The van der Waals surface area contributed by atoms with Crippen molar-refractivity contribution in [3.63, 3.8) is 0 Å².